The van der Waals surface area contributed by atoms with Gasteiger partial charge in [-0.15, -0.1) is 0 Å². The molecule has 0 radical (unpaired) electrons. The lowest BCUT2D eigenvalue weighted by molar-refractivity contribution is -0.315. The third-order valence-corrected chi connectivity index (χ3v) is 4.71. The Morgan fingerprint density at radius 2 is 1.67 bits per heavy atom. The number of hydrogen-bond acceptors (Lipinski definition) is 6. The fourth-order valence-corrected chi connectivity index (χ4v) is 3.41. The number of carbonyl (C=O) groups excluding carboxylic acids is 2. The number of esters is 2. The van der Waals surface area contributed by atoms with Gasteiger partial charge < -0.3 is 19.3 Å². The highest BCUT2D eigenvalue weighted by Gasteiger charge is 2.62. The zero-order chi connectivity index (χ0) is 15.8. The molecule has 4 unspecified atom stereocenters. The Balaban J connectivity index is 2.22. The number of fused-ring (bicyclic) bond motifs is 3. The Hall–Kier alpha value is -1.14. The Bertz CT molecular complexity index is 402. The minimum Gasteiger partial charge on any atom is -0.459 e. The first-order valence-electron chi connectivity index (χ1n) is 7.43. The third-order valence-electron chi connectivity index (χ3n) is 4.71. The summed E-state index contributed by atoms with van der Waals surface area (Å²) in [6.45, 7) is 6.88. The molecule has 0 spiro atoms. The van der Waals surface area contributed by atoms with E-state index in [2.05, 4.69) is 0 Å². The average molecular weight is 300 g/mol. The van der Waals surface area contributed by atoms with E-state index in [1.807, 2.05) is 20.8 Å². The van der Waals surface area contributed by atoms with E-state index in [0.29, 0.717) is 19.3 Å². The lowest BCUT2D eigenvalue weighted by Crippen LogP contribution is -2.69. The summed E-state index contributed by atoms with van der Waals surface area (Å²) in [5.74, 6) is -0.844. The van der Waals surface area contributed by atoms with Crippen LogP contribution in [0.5, 0.6) is 0 Å². The summed E-state index contributed by atoms with van der Waals surface area (Å²) in [5, 5.41) is 8.87. The number of aliphatic hydroxyl groups is 1. The predicted molar refractivity (Wildman–Crippen MR) is 73.4 cm³/mol. The lowest BCUT2D eigenvalue weighted by atomic mass is 9.65. The topological polar surface area (TPSA) is 82.1 Å². The van der Waals surface area contributed by atoms with Crippen molar-refractivity contribution in [3.8, 4) is 0 Å². The molecule has 1 saturated carbocycles. The van der Waals surface area contributed by atoms with E-state index in [1.165, 1.54) is 0 Å². The first kappa shape index (κ1) is 16.2. The van der Waals surface area contributed by atoms with Gasteiger partial charge in [-0.05, 0) is 39.5 Å². The SMILES string of the molecule is CCC(=O)OC1CC2CC(OC(=O)CO)C1(C)OC2(C)C. The Labute approximate surface area is 124 Å². The summed E-state index contributed by atoms with van der Waals surface area (Å²) in [7, 11) is 0. The van der Waals surface area contributed by atoms with Crippen LogP contribution in [0.4, 0.5) is 0 Å². The van der Waals surface area contributed by atoms with Crippen LogP contribution >= 0.6 is 0 Å². The summed E-state index contributed by atoms with van der Waals surface area (Å²) in [6.07, 6.45) is 0.686. The van der Waals surface area contributed by atoms with Crippen LogP contribution in [0.15, 0.2) is 0 Å². The van der Waals surface area contributed by atoms with Gasteiger partial charge in [0.25, 0.3) is 0 Å². The largest absolute Gasteiger partial charge is 0.459 e. The van der Waals surface area contributed by atoms with E-state index >= 15 is 0 Å². The van der Waals surface area contributed by atoms with Crippen molar-refractivity contribution >= 4 is 11.9 Å². The third kappa shape index (κ3) is 2.92. The van der Waals surface area contributed by atoms with Crippen molar-refractivity contribution in [3.63, 3.8) is 0 Å². The first-order valence-corrected chi connectivity index (χ1v) is 7.43. The minimum absolute atomic E-state index is 0.130. The van der Waals surface area contributed by atoms with Gasteiger partial charge in [-0.3, -0.25) is 4.79 Å². The number of hydrogen-bond donors (Lipinski definition) is 1. The van der Waals surface area contributed by atoms with Crippen LogP contribution in [-0.4, -0.2) is 47.1 Å². The molecule has 6 nitrogen and oxygen atoms in total. The predicted octanol–water partition coefficient (Wildman–Crippen LogP) is 1.19. The Morgan fingerprint density at radius 3 is 2.14 bits per heavy atom. The van der Waals surface area contributed by atoms with Crippen molar-refractivity contribution in [2.24, 2.45) is 5.92 Å². The van der Waals surface area contributed by atoms with Gasteiger partial charge in [0.2, 0.25) is 0 Å². The van der Waals surface area contributed by atoms with E-state index in [1.54, 1.807) is 6.92 Å². The molecule has 6 heteroatoms. The van der Waals surface area contributed by atoms with E-state index in [0.717, 1.165) is 0 Å². The average Bonchev–Trinajstić information content (AvgIpc) is 2.40. The van der Waals surface area contributed by atoms with Gasteiger partial charge in [0.15, 0.2) is 0 Å². The molecule has 2 saturated heterocycles. The Kier molecular flexibility index (Phi) is 4.31. The molecule has 0 aromatic rings. The highest BCUT2D eigenvalue weighted by molar-refractivity contribution is 5.71. The normalized spacial score (nSPS) is 37.1. The molecule has 2 heterocycles. The second-order valence-electron chi connectivity index (χ2n) is 6.53. The highest BCUT2D eigenvalue weighted by atomic mass is 16.6. The molecule has 120 valence electrons. The van der Waals surface area contributed by atoms with E-state index in [9.17, 15) is 9.59 Å². The van der Waals surface area contributed by atoms with Gasteiger partial charge in [-0.2, -0.15) is 0 Å². The maximum absolute atomic E-state index is 11.6. The molecular formula is C15H24O6. The number of carbonyl (C=O) groups is 2. The van der Waals surface area contributed by atoms with Gasteiger partial charge in [-0.25, -0.2) is 4.79 Å². The molecule has 4 atom stereocenters. The van der Waals surface area contributed by atoms with Crippen molar-refractivity contribution in [2.75, 3.05) is 6.61 Å². The summed E-state index contributed by atoms with van der Waals surface area (Å²) < 4.78 is 16.9. The van der Waals surface area contributed by atoms with Crippen LogP contribution in [-0.2, 0) is 23.8 Å². The molecule has 0 aromatic carbocycles. The summed E-state index contributed by atoms with van der Waals surface area (Å²) in [6, 6.07) is 0. The van der Waals surface area contributed by atoms with Crippen molar-refractivity contribution < 1.29 is 28.9 Å². The zero-order valence-electron chi connectivity index (χ0n) is 13.0. The number of rotatable bonds is 4. The minimum atomic E-state index is -0.881. The summed E-state index contributed by atoms with van der Waals surface area (Å²) >= 11 is 0. The van der Waals surface area contributed by atoms with Gasteiger partial charge in [0, 0.05) is 6.42 Å². The molecule has 2 bridgehead atoms. The van der Waals surface area contributed by atoms with Gasteiger partial charge in [0.05, 0.1) is 5.60 Å². The molecule has 1 N–H and O–H groups in total. The van der Waals surface area contributed by atoms with Crippen LogP contribution in [0.1, 0.15) is 47.0 Å². The van der Waals surface area contributed by atoms with E-state index in [4.69, 9.17) is 19.3 Å². The van der Waals surface area contributed by atoms with Crippen LogP contribution in [0.3, 0.4) is 0 Å². The standard InChI is InChI=1S/C15H24O6/c1-5-12(17)19-10-6-9-7-11(20-13(18)8-16)15(10,4)21-14(9,2)3/h9-11,16H,5-8H2,1-4H3. The number of ether oxygens (including phenoxy) is 3. The van der Waals surface area contributed by atoms with Crippen molar-refractivity contribution in [2.45, 2.75) is 70.4 Å². The molecule has 3 aliphatic rings. The van der Waals surface area contributed by atoms with Crippen molar-refractivity contribution in [3.05, 3.63) is 0 Å². The maximum atomic E-state index is 11.6. The molecule has 3 rings (SSSR count). The van der Waals surface area contributed by atoms with Crippen LogP contribution in [0.2, 0.25) is 0 Å². The van der Waals surface area contributed by atoms with Crippen LogP contribution in [0.25, 0.3) is 0 Å². The number of aliphatic hydroxyl groups excluding tert-OH is 1. The van der Waals surface area contributed by atoms with Gasteiger partial charge in [-0.1, -0.05) is 6.92 Å². The second kappa shape index (κ2) is 5.57. The van der Waals surface area contributed by atoms with Crippen LogP contribution < -0.4 is 0 Å². The molecule has 0 aromatic heterocycles. The maximum Gasteiger partial charge on any atom is 0.332 e. The smallest absolute Gasteiger partial charge is 0.332 e. The second-order valence-corrected chi connectivity index (χ2v) is 6.53. The first-order chi connectivity index (χ1) is 9.72. The summed E-state index contributed by atoms with van der Waals surface area (Å²) in [5.41, 5.74) is -1.24. The van der Waals surface area contributed by atoms with Crippen LogP contribution in [0, 0.1) is 5.92 Å². The zero-order valence-corrected chi connectivity index (χ0v) is 13.0. The summed E-state index contributed by atoms with van der Waals surface area (Å²) in [4.78, 5) is 23.0. The lowest BCUT2D eigenvalue weighted by Gasteiger charge is -2.59. The molecule has 3 fully saturated rings. The molecule has 1 aliphatic carbocycles. The van der Waals surface area contributed by atoms with Gasteiger partial charge in [0.1, 0.15) is 24.4 Å². The monoisotopic (exact) mass is 300 g/mol. The quantitative estimate of drug-likeness (QED) is 0.785. The Morgan fingerprint density at radius 1 is 1.14 bits per heavy atom. The fraction of sp³-hybridized carbons (Fsp3) is 0.867. The molecule has 21 heavy (non-hydrogen) atoms. The molecule has 0 amide bonds. The molecule has 2 aliphatic heterocycles. The van der Waals surface area contributed by atoms with Gasteiger partial charge >= 0.3 is 11.9 Å². The molecular weight excluding hydrogens is 276 g/mol. The van der Waals surface area contributed by atoms with E-state index < -0.39 is 30.4 Å². The van der Waals surface area contributed by atoms with Crippen molar-refractivity contribution in [1.82, 2.24) is 0 Å². The highest BCUT2D eigenvalue weighted by Crippen LogP contribution is 2.51. The van der Waals surface area contributed by atoms with E-state index in [-0.39, 0.29) is 17.5 Å². The van der Waals surface area contributed by atoms with Crippen molar-refractivity contribution in [1.29, 1.82) is 0 Å². The fourth-order valence-electron chi connectivity index (χ4n) is 3.41.